The molecule has 0 N–H and O–H groups in total. The third-order valence-corrected chi connectivity index (χ3v) is 8.70. The number of carbonyl (C=O) groups is 1. The number of benzene rings is 1. The van der Waals surface area contributed by atoms with Crippen LogP contribution in [0.15, 0.2) is 34.9 Å². The van der Waals surface area contributed by atoms with E-state index in [1.54, 1.807) is 63.8 Å². The van der Waals surface area contributed by atoms with Crippen LogP contribution in [0, 0.1) is 17.1 Å². The van der Waals surface area contributed by atoms with E-state index >= 15 is 0 Å². The fraction of sp³-hybridized carbons (Fsp3) is 0.588. The second kappa shape index (κ2) is 14.0. The predicted octanol–water partition coefficient (Wildman–Crippen LogP) is 5.86. The summed E-state index contributed by atoms with van der Waals surface area (Å²) in [4.78, 5) is 30.1. The van der Waals surface area contributed by atoms with Crippen LogP contribution >= 0.6 is 0 Å². The Kier molecular flexibility index (Phi) is 10.2. The molecule has 0 spiro atoms. The maximum Gasteiger partial charge on any atom is 0.410 e. The van der Waals surface area contributed by atoms with Gasteiger partial charge in [-0.05, 0) is 61.1 Å². The van der Waals surface area contributed by atoms with Crippen LogP contribution in [0.1, 0.15) is 78.7 Å². The van der Waals surface area contributed by atoms with Crippen molar-refractivity contribution in [1.82, 2.24) is 29.9 Å². The molecule has 1 aromatic carbocycles. The number of carbonyl (C=O) groups excluding carboxylic acids is 1. The van der Waals surface area contributed by atoms with E-state index in [0.29, 0.717) is 37.9 Å². The Morgan fingerprint density at radius 1 is 1.12 bits per heavy atom. The first-order valence-corrected chi connectivity index (χ1v) is 16.2. The zero-order valence-electron chi connectivity index (χ0n) is 28.4. The molecular weight excluding hydrogens is 624 g/mol. The number of alkyl halides is 1. The van der Waals surface area contributed by atoms with Crippen LogP contribution in [-0.2, 0) is 10.2 Å². The molecule has 1 amide bonds. The molecule has 12 nitrogen and oxygen atoms in total. The number of halogens is 2. The molecule has 5 rings (SSSR count). The van der Waals surface area contributed by atoms with Crippen LogP contribution in [0.2, 0.25) is 0 Å². The molecule has 2 aromatic heterocycles. The lowest BCUT2D eigenvalue weighted by atomic mass is 9.84. The zero-order chi connectivity index (χ0) is 34.8. The zero-order valence-corrected chi connectivity index (χ0v) is 28.4. The minimum Gasteiger partial charge on any atom is -0.474 e. The largest absolute Gasteiger partial charge is 0.474 e. The van der Waals surface area contributed by atoms with Crippen molar-refractivity contribution in [2.45, 2.75) is 109 Å². The van der Waals surface area contributed by atoms with Crippen molar-refractivity contribution in [2.24, 2.45) is 0 Å². The van der Waals surface area contributed by atoms with E-state index in [-0.39, 0.29) is 41.8 Å². The molecule has 14 heteroatoms. The fourth-order valence-electron chi connectivity index (χ4n) is 6.21. The second-order valence-electron chi connectivity index (χ2n) is 14.0. The van der Waals surface area contributed by atoms with Gasteiger partial charge in [0.1, 0.15) is 29.8 Å². The van der Waals surface area contributed by atoms with E-state index in [4.69, 9.17) is 18.7 Å². The first kappa shape index (κ1) is 34.9. The SMILES string of the molecule is C[C@H](Oc1cc(O[C@H]2CCN(C(=O)OC(C)(C)C)[C@H](CC#N)C2)nc(-c2noc(C(C)(C)c3ccccc3F)n2)n1)[C@@H]1C[C@H](F)CN1C. The summed E-state index contributed by atoms with van der Waals surface area (Å²) in [5.41, 5.74) is -1.26. The molecule has 4 heterocycles. The quantitative estimate of drug-likeness (QED) is 0.271. The smallest absolute Gasteiger partial charge is 0.410 e. The molecule has 2 saturated heterocycles. The lowest BCUT2D eigenvalue weighted by molar-refractivity contribution is -0.00382. The van der Waals surface area contributed by atoms with E-state index in [1.807, 2.05) is 18.9 Å². The highest BCUT2D eigenvalue weighted by atomic mass is 19.1. The average Bonchev–Trinajstić information content (AvgIpc) is 3.63. The number of likely N-dealkylation sites (N-methyl/N-ethyl adjacent to an activating group) is 1. The summed E-state index contributed by atoms with van der Waals surface area (Å²) in [6, 6.07) is 9.48. The van der Waals surface area contributed by atoms with Crippen LogP contribution in [0.3, 0.4) is 0 Å². The fourth-order valence-corrected chi connectivity index (χ4v) is 6.21. The molecule has 2 aliphatic heterocycles. The van der Waals surface area contributed by atoms with Gasteiger partial charge in [0.25, 0.3) is 0 Å². The molecule has 2 aliphatic rings. The van der Waals surface area contributed by atoms with Crippen molar-refractivity contribution in [3.63, 3.8) is 0 Å². The Labute approximate surface area is 279 Å². The normalized spacial score (nSPS) is 22.6. The number of ether oxygens (including phenoxy) is 3. The van der Waals surface area contributed by atoms with Gasteiger partial charge < -0.3 is 23.6 Å². The molecule has 258 valence electrons. The van der Waals surface area contributed by atoms with Crippen molar-refractivity contribution in [1.29, 1.82) is 5.26 Å². The van der Waals surface area contributed by atoms with Gasteiger partial charge in [0.15, 0.2) is 0 Å². The molecule has 5 atom stereocenters. The average molecular weight is 668 g/mol. The van der Waals surface area contributed by atoms with Crippen LogP contribution in [0.5, 0.6) is 11.8 Å². The predicted molar refractivity (Wildman–Crippen MR) is 170 cm³/mol. The number of rotatable bonds is 9. The summed E-state index contributed by atoms with van der Waals surface area (Å²) in [6.07, 6.45) is -0.993. The highest BCUT2D eigenvalue weighted by Gasteiger charge is 2.37. The molecule has 0 radical (unpaired) electrons. The van der Waals surface area contributed by atoms with Gasteiger partial charge in [-0.15, -0.1) is 0 Å². The maximum atomic E-state index is 14.7. The molecule has 0 aliphatic carbocycles. The summed E-state index contributed by atoms with van der Waals surface area (Å²) in [6.45, 7) is 11.4. The van der Waals surface area contributed by atoms with Gasteiger partial charge in [0, 0.05) is 37.5 Å². The number of likely N-dealkylation sites (tertiary alicyclic amines) is 2. The van der Waals surface area contributed by atoms with E-state index in [2.05, 4.69) is 26.2 Å². The summed E-state index contributed by atoms with van der Waals surface area (Å²) in [5, 5.41) is 13.6. The summed E-state index contributed by atoms with van der Waals surface area (Å²) in [7, 11) is 1.85. The van der Waals surface area contributed by atoms with Gasteiger partial charge in [-0.1, -0.05) is 23.4 Å². The highest BCUT2D eigenvalue weighted by Crippen LogP contribution is 2.34. The van der Waals surface area contributed by atoms with Crippen molar-refractivity contribution >= 4 is 6.09 Å². The third-order valence-electron chi connectivity index (χ3n) is 8.70. The van der Waals surface area contributed by atoms with Gasteiger partial charge in [0.2, 0.25) is 29.3 Å². The van der Waals surface area contributed by atoms with Crippen LogP contribution in [-0.4, -0.2) is 92.2 Å². The number of hydrogen-bond donors (Lipinski definition) is 0. The lowest BCUT2D eigenvalue weighted by Gasteiger charge is -2.38. The van der Waals surface area contributed by atoms with Gasteiger partial charge in [-0.3, -0.25) is 4.90 Å². The molecule has 3 aromatic rings. The Morgan fingerprint density at radius 3 is 2.52 bits per heavy atom. The van der Waals surface area contributed by atoms with Crippen LogP contribution in [0.25, 0.3) is 11.6 Å². The van der Waals surface area contributed by atoms with Gasteiger partial charge in [-0.25, -0.2) is 13.6 Å². The lowest BCUT2D eigenvalue weighted by Crippen LogP contribution is -2.50. The van der Waals surface area contributed by atoms with Gasteiger partial charge in [0.05, 0.1) is 30.0 Å². The number of nitriles is 1. The Morgan fingerprint density at radius 2 is 1.85 bits per heavy atom. The Balaban J connectivity index is 1.42. The van der Waals surface area contributed by atoms with Crippen LogP contribution < -0.4 is 9.47 Å². The minimum absolute atomic E-state index is 0.0428. The highest BCUT2D eigenvalue weighted by molar-refractivity contribution is 5.68. The van der Waals surface area contributed by atoms with Crippen molar-refractivity contribution < 1.29 is 32.3 Å². The third kappa shape index (κ3) is 8.01. The van der Waals surface area contributed by atoms with E-state index < -0.39 is 47.3 Å². The number of hydrogen-bond acceptors (Lipinski definition) is 11. The number of amides is 1. The Bertz CT molecular complexity index is 1640. The summed E-state index contributed by atoms with van der Waals surface area (Å²) in [5.74, 6) is 0.176. The van der Waals surface area contributed by atoms with Crippen molar-refractivity contribution in [2.75, 3.05) is 20.1 Å². The minimum atomic E-state index is -0.966. The standard InChI is InChI=1S/C34H43F2N7O5/c1-20(26-16-21(35)19-42(26)7)45-27-18-28(46-23-13-15-43(22(17-23)12-14-37)32(44)47-33(2,3)4)39-29(38-27)30-40-31(48-41-30)34(5,6)24-10-8-9-11-25(24)36/h8-11,18,20-23,26H,12-13,15-17,19H2,1-7H3/t20-,21-,22+,23-,26-/m0/s1. The van der Waals surface area contributed by atoms with Crippen molar-refractivity contribution in [3.8, 4) is 29.5 Å². The van der Waals surface area contributed by atoms with Crippen molar-refractivity contribution in [3.05, 3.63) is 47.6 Å². The molecular formula is C34H43F2N7O5. The number of piperidine rings is 1. The first-order chi connectivity index (χ1) is 22.6. The van der Waals surface area contributed by atoms with Gasteiger partial charge >= 0.3 is 6.09 Å². The summed E-state index contributed by atoms with van der Waals surface area (Å²) >= 11 is 0. The molecule has 2 fully saturated rings. The number of nitrogens with zero attached hydrogens (tertiary/aromatic N) is 7. The van der Waals surface area contributed by atoms with Crippen LogP contribution in [0.4, 0.5) is 13.6 Å². The monoisotopic (exact) mass is 667 g/mol. The molecule has 48 heavy (non-hydrogen) atoms. The molecule has 0 bridgehead atoms. The van der Waals surface area contributed by atoms with E-state index in [0.717, 1.165) is 0 Å². The first-order valence-electron chi connectivity index (χ1n) is 16.2. The maximum absolute atomic E-state index is 14.7. The summed E-state index contributed by atoms with van der Waals surface area (Å²) < 4.78 is 52.7. The van der Waals surface area contributed by atoms with E-state index in [9.17, 15) is 18.8 Å². The van der Waals surface area contributed by atoms with Gasteiger partial charge in [-0.2, -0.15) is 20.2 Å². The molecule has 0 unspecified atom stereocenters. The topological polar surface area (TPSA) is 140 Å². The Hall–Kier alpha value is -4.38. The number of aromatic nitrogens is 4. The second-order valence-corrected chi connectivity index (χ2v) is 14.0. The van der Waals surface area contributed by atoms with E-state index in [1.165, 1.54) is 6.07 Å². The molecule has 0 saturated carbocycles.